The van der Waals surface area contributed by atoms with Crippen LogP contribution < -0.4 is 0 Å². The number of nitro groups is 1. The van der Waals surface area contributed by atoms with Crippen LogP contribution in [0, 0.1) is 10.1 Å². The first-order valence-electron chi connectivity index (χ1n) is 5.03. The highest BCUT2D eigenvalue weighted by Gasteiger charge is 2.33. The van der Waals surface area contributed by atoms with Crippen molar-refractivity contribution in [3.05, 3.63) is 32.3 Å². The van der Waals surface area contributed by atoms with Crippen molar-refractivity contribution in [3.63, 3.8) is 0 Å². The Kier molecular flexibility index (Phi) is 3.01. The van der Waals surface area contributed by atoms with E-state index in [1.165, 1.54) is 0 Å². The van der Waals surface area contributed by atoms with Crippen LogP contribution in [0.2, 0.25) is 0 Å². The van der Waals surface area contributed by atoms with Crippen LogP contribution in [0.25, 0.3) is 0 Å². The minimum Gasteiger partial charge on any atom is -0.258 e. The summed E-state index contributed by atoms with van der Waals surface area (Å²) in [6.45, 7) is 4.28. The molecule has 0 spiro atoms. The molecule has 1 aliphatic rings. The fourth-order valence-electron chi connectivity index (χ4n) is 1.91. The quantitative estimate of drug-likeness (QED) is 0.578. The van der Waals surface area contributed by atoms with Crippen molar-refractivity contribution >= 4 is 33.4 Å². The third kappa shape index (κ3) is 1.98. The van der Waals surface area contributed by atoms with Gasteiger partial charge in [0.15, 0.2) is 0 Å². The highest BCUT2D eigenvalue weighted by atomic mass is 79.9. The largest absolute Gasteiger partial charge is 0.284 e. The minimum atomic E-state index is -0.294. The molecular weight excluding hydrogens is 290 g/mol. The number of thioether (sulfide) groups is 1. The molecule has 1 aromatic rings. The van der Waals surface area contributed by atoms with Gasteiger partial charge in [-0.3, -0.25) is 10.1 Å². The van der Waals surface area contributed by atoms with Gasteiger partial charge in [0, 0.05) is 10.5 Å². The van der Waals surface area contributed by atoms with E-state index in [1.807, 2.05) is 6.07 Å². The molecule has 1 heterocycles. The average molecular weight is 302 g/mol. The first-order chi connectivity index (χ1) is 7.42. The summed E-state index contributed by atoms with van der Waals surface area (Å²) in [5, 5.41) is 11.0. The molecular formula is C11H12BrNO2S. The Bertz CT molecular complexity index is 460. The van der Waals surface area contributed by atoms with Gasteiger partial charge in [0.05, 0.1) is 9.82 Å². The van der Waals surface area contributed by atoms with Crippen molar-refractivity contribution in [3.8, 4) is 0 Å². The normalized spacial score (nSPS) is 17.9. The number of halogens is 1. The van der Waals surface area contributed by atoms with Crippen molar-refractivity contribution in [2.75, 3.05) is 5.75 Å². The van der Waals surface area contributed by atoms with Crippen molar-refractivity contribution in [2.24, 2.45) is 0 Å². The monoisotopic (exact) mass is 301 g/mol. The number of hydrogen-bond donors (Lipinski definition) is 0. The Hall–Kier alpha value is -0.550. The molecule has 0 saturated heterocycles. The Labute approximate surface area is 107 Å². The molecule has 1 aromatic carbocycles. The molecule has 1 aliphatic heterocycles. The van der Waals surface area contributed by atoms with Gasteiger partial charge in [-0.05, 0) is 29.2 Å². The Balaban J connectivity index is 2.68. The number of nitro benzene ring substituents is 1. The lowest BCUT2D eigenvalue weighted by Gasteiger charge is -2.31. The van der Waals surface area contributed by atoms with E-state index < -0.39 is 0 Å². The Morgan fingerprint density at radius 1 is 1.50 bits per heavy atom. The van der Waals surface area contributed by atoms with Crippen LogP contribution in [0.3, 0.4) is 0 Å². The molecule has 0 saturated carbocycles. The molecule has 0 bridgehead atoms. The van der Waals surface area contributed by atoms with Crippen LogP contribution in [0.4, 0.5) is 5.69 Å². The van der Waals surface area contributed by atoms with Gasteiger partial charge in [0.2, 0.25) is 0 Å². The predicted molar refractivity (Wildman–Crippen MR) is 69.2 cm³/mol. The van der Waals surface area contributed by atoms with E-state index in [0.717, 1.165) is 27.1 Å². The third-order valence-corrected chi connectivity index (χ3v) is 4.52. The summed E-state index contributed by atoms with van der Waals surface area (Å²) in [5.41, 5.74) is 1.33. The van der Waals surface area contributed by atoms with Crippen LogP contribution in [0.15, 0.2) is 21.5 Å². The van der Waals surface area contributed by atoms with Crippen molar-refractivity contribution in [1.82, 2.24) is 0 Å². The molecule has 86 valence electrons. The maximum Gasteiger partial charge on any atom is 0.284 e. The first-order valence-corrected chi connectivity index (χ1v) is 6.81. The summed E-state index contributed by atoms with van der Waals surface area (Å²) in [6.07, 6.45) is 1.05. The second-order valence-electron chi connectivity index (χ2n) is 4.54. The maximum absolute atomic E-state index is 11.0. The molecule has 0 fully saturated rings. The van der Waals surface area contributed by atoms with E-state index in [4.69, 9.17) is 0 Å². The molecule has 0 amide bonds. The fourth-order valence-corrected chi connectivity index (χ4v) is 3.95. The summed E-state index contributed by atoms with van der Waals surface area (Å²) in [6, 6.07) is 3.60. The summed E-state index contributed by atoms with van der Waals surface area (Å²) in [4.78, 5) is 11.6. The van der Waals surface area contributed by atoms with Gasteiger partial charge in [0.1, 0.15) is 0 Å². The summed E-state index contributed by atoms with van der Waals surface area (Å²) >= 11 is 4.94. The van der Waals surface area contributed by atoms with E-state index in [0.29, 0.717) is 0 Å². The number of rotatable bonds is 1. The average Bonchev–Trinajstić information content (AvgIpc) is 2.17. The molecule has 16 heavy (non-hydrogen) atoms. The van der Waals surface area contributed by atoms with Gasteiger partial charge in [-0.1, -0.05) is 29.8 Å². The zero-order chi connectivity index (χ0) is 11.9. The van der Waals surface area contributed by atoms with E-state index in [1.54, 1.807) is 17.8 Å². The second kappa shape index (κ2) is 4.04. The molecule has 0 aliphatic carbocycles. The van der Waals surface area contributed by atoms with Crippen LogP contribution >= 0.6 is 27.7 Å². The maximum atomic E-state index is 11.0. The van der Waals surface area contributed by atoms with Gasteiger partial charge in [0.25, 0.3) is 5.69 Å². The SMILES string of the molecule is CC1(C)CCSc2c([N+](=O)[O-])cc(Br)cc21. The molecule has 0 aromatic heterocycles. The first kappa shape index (κ1) is 11.9. The van der Waals surface area contributed by atoms with E-state index in [9.17, 15) is 10.1 Å². The summed E-state index contributed by atoms with van der Waals surface area (Å²) in [7, 11) is 0. The lowest BCUT2D eigenvalue weighted by molar-refractivity contribution is -0.388. The lowest BCUT2D eigenvalue weighted by Crippen LogP contribution is -2.23. The van der Waals surface area contributed by atoms with Gasteiger partial charge in [-0.15, -0.1) is 11.8 Å². The minimum absolute atomic E-state index is 0.0229. The second-order valence-corrected chi connectivity index (χ2v) is 6.56. The van der Waals surface area contributed by atoms with Crippen LogP contribution in [-0.2, 0) is 5.41 Å². The highest BCUT2D eigenvalue weighted by molar-refractivity contribution is 9.10. The Morgan fingerprint density at radius 2 is 2.19 bits per heavy atom. The predicted octanol–water partition coefficient (Wildman–Crippen LogP) is 4.13. The molecule has 3 nitrogen and oxygen atoms in total. The van der Waals surface area contributed by atoms with E-state index >= 15 is 0 Å². The number of nitrogens with zero attached hydrogens (tertiary/aromatic N) is 1. The topological polar surface area (TPSA) is 43.1 Å². The van der Waals surface area contributed by atoms with Crippen LogP contribution in [0.5, 0.6) is 0 Å². The van der Waals surface area contributed by atoms with Crippen LogP contribution in [0.1, 0.15) is 25.8 Å². The molecule has 0 unspecified atom stereocenters. The Morgan fingerprint density at radius 3 is 2.81 bits per heavy atom. The molecule has 0 radical (unpaired) electrons. The standard InChI is InChI=1S/C11H12BrNO2S/c1-11(2)3-4-16-10-8(11)5-7(12)6-9(10)13(14)15/h5-6H,3-4H2,1-2H3. The van der Waals surface area contributed by atoms with Gasteiger partial charge in [-0.2, -0.15) is 0 Å². The van der Waals surface area contributed by atoms with Gasteiger partial charge in [-0.25, -0.2) is 0 Å². The molecule has 0 atom stereocenters. The molecule has 5 heteroatoms. The van der Waals surface area contributed by atoms with Crippen molar-refractivity contribution in [1.29, 1.82) is 0 Å². The third-order valence-electron chi connectivity index (χ3n) is 2.93. The lowest BCUT2D eigenvalue weighted by atomic mass is 9.81. The fraction of sp³-hybridized carbons (Fsp3) is 0.455. The number of fused-ring (bicyclic) bond motifs is 1. The smallest absolute Gasteiger partial charge is 0.258 e. The number of benzene rings is 1. The summed E-state index contributed by atoms with van der Waals surface area (Å²) < 4.78 is 0.786. The van der Waals surface area contributed by atoms with Crippen LogP contribution in [-0.4, -0.2) is 10.7 Å². The van der Waals surface area contributed by atoms with Crippen molar-refractivity contribution < 1.29 is 4.92 Å². The highest BCUT2D eigenvalue weighted by Crippen LogP contribution is 2.46. The van der Waals surface area contributed by atoms with Gasteiger partial charge >= 0.3 is 0 Å². The van der Waals surface area contributed by atoms with Crippen molar-refractivity contribution in [2.45, 2.75) is 30.6 Å². The molecule has 2 rings (SSSR count). The van der Waals surface area contributed by atoms with E-state index in [-0.39, 0.29) is 16.0 Å². The van der Waals surface area contributed by atoms with E-state index in [2.05, 4.69) is 29.8 Å². The zero-order valence-electron chi connectivity index (χ0n) is 9.12. The number of hydrogen-bond acceptors (Lipinski definition) is 3. The zero-order valence-corrected chi connectivity index (χ0v) is 11.5. The molecule has 0 N–H and O–H groups in total. The van der Waals surface area contributed by atoms with Gasteiger partial charge < -0.3 is 0 Å². The summed E-state index contributed by atoms with van der Waals surface area (Å²) in [5.74, 6) is 0.947.